The topological polar surface area (TPSA) is 38.1 Å². The van der Waals surface area contributed by atoms with Gasteiger partial charge in [0.15, 0.2) is 0 Å². The van der Waals surface area contributed by atoms with Crippen LogP contribution in [0.25, 0.3) is 0 Å². The van der Waals surface area contributed by atoms with E-state index in [4.69, 9.17) is 4.42 Å². The van der Waals surface area contributed by atoms with E-state index >= 15 is 0 Å². The van der Waals surface area contributed by atoms with Crippen molar-refractivity contribution in [2.24, 2.45) is 0 Å². The van der Waals surface area contributed by atoms with Crippen LogP contribution in [0.1, 0.15) is 19.1 Å². The first-order chi connectivity index (χ1) is 8.24. The van der Waals surface area contributed by atoms with Gasteiger partial charge in [-0.15, -0.1) is 0 Å². The molecule has 4 heteroatoms. The summed E-state index contributed by atoms with van der Waals surface area (Å²) < 4.78 is 17.9. The van der Waals surface area contributed by atoms with Crippen LogP contribution in [0.2, 0.25) is 0 Å². The van der Waals surface area contributed by atoms with Gasteiger partial charge in [0, 0.05) is 12.5 Å². The number of aromatic nitrogens is 1. The third-order valence-corrected chi connectivity index (χ3v) is 2.53. The maximum atomic E-state index is 12.7. The second-order valence-electron chi connectivity index (χ2n) is 4.03. The first-order valence-corrected chi connectivity index (χ1v) is 5.64. The molecule has 0 aliphatic rings. The van der Waals surface area contributed by atoms with Gasteiger partial charge in [-0.2, -0.15) is 0 Å². The number of pyridine rings is 1. The van der Waals surface area contributed by atoms with E-state index < -0.39 is 0 Å². The zero-order valence-corrected chi connectivity index (χ0v) is 9.69. The van der Waals surface area contributed by atoms with Crippen LogP contribution in [0.5, 0.6) is 0 Å². The van der Waals surface area contributed by atoms with E-state index in [2.05, 4.69) is 17.2 Å². The molecule has 90 valence electrons. The molecule has 2 aromatic heterocycles. The summed E-state index contributed by atoms with van der Waals surface area (Å²) in [5.74, 6) is 1.35. The molecule has 1 N–H and O–H groups in total. The number of hydrogen-bond donors (Lipinski definition) is 1. The molecule has 0 aliphatic carbocycles. The molecule has 1 unspecified atom stereocenters. The molecule has 0 radical (unpaired) electrons. The molecule has 0 fully saturated rings. The Hall–Kier alpha value is -1.84. The summed E-state index contributed by atoms with van der Waals surface area (Å²) in [7, 11) is 0. The van der Waals surface area contributed by atoms with Crippen molar-refractivity contribution < 1.29 is 8.81 Å². The average molecular weight is 234 g/mol. The van der Waals surface area contributed by atoms with Gasteiger partial charge in [0.25, 0.3) is 0 Å². The number of halogens is 1. The van der Waals surface area contributed by atoms with Gasteiger partial charge in [-0.05, 0) is 37.6 Å². The Morgan fingerprint density at radius 1 is 1.41 bits per heavy atom. The number of hydrogen-bond acceptors (Lipinski definition) is 3. The Morgan fingerprint density at radius 2 is 2.29 bits per heavy atom. The van der Waals surface area contributed by atoms with Gasteiger partial charge in [-0.3, -0.25) is 0 Å². The summed E-state index contributed by atoms with van der Waals surface area (Å²) in [5.41, 5.74) is 0. The lowest BCUT2D eigenvalue weighted by atomic mass is 10.1. The minimum Gasteiger partial charge on any atom is -0.469 e. The van der Waals surface area contributed by atoms with E-state index in [9.17, 15) is 4.39 Å². The van der Waals surface area contributed by atoms with Crippen LogP contribution in [0, 0.1) is 5.82 Å². The Bertz CT molecular complexity index is 439. The molecule has 0 spiro atoms. The van der Waals surface area contributed by atoms with Crippen molar-refractivity contribution >= 4 is 5.82 Å². The predicted octanol–water partition coefficient (Wildman–Crippen LogP) is 3.25. The summed E-state index contributed by atoms with van der Waals surface area (Å²) >= 11 is 0. The lowest BCUT2D eigenvalue weighted by molar-refractivity contribution is 0.495. The minimum absolute atomic E-state index is 0.262. The molecule has 3 nitrogen and oxygen atoms in total. The molecule has 2 heterocycles. The Kier molecular flexibility index (Phi) is 3.75. The van der Waals surface area contributed by atoms with Gasteiger partial charge < -0.3 is 9.73 Å². The summed E-state index contributed by atoms with van der Waals surface area (Å²) in [4.78, 5) is 3.95. The maximum absolute atomic E-state index is 12.7. The quantitative estimate of drug-likeness (QED) is 0.863. The zero-order chi connectivity index (χ0) is 12.1. The summed E-state index contributed by atoms with van der Waals surface area (Å²) in [6.45, 7) is 2.06. The van der Waals surface area contributed by atoms with Crippen LogP contribution in [-0.2, 0) is 6.42 Å². The largest absolute Gasteiger partial charge is 0.469 e. The predicted molar refractivity (Wildman–Crippen MR) is 64.3 cm³/mol. The molecule has 1 atom stereocenters. The molecule has 0 aliphatic heterocycles. The van der Waals surface area contributed by atoms with Crippen molar-refractivity contribution in [1.29, 1.82) is 0 Å². The lowest BCUT2D eigenvalue weighted by Crippen LogP contribution is -2.16. The van der Waals surface area contributed by atoms with E-state index in [-0.39, 0.29) is 11.9 Å². The van der Waals surface area contributed by atoms with Gasteiger partial charge in [0.2, 0.25) is 0 Å². The third-order valence-electron chi connectivity index (χ3n) is 2.53. The van der Waals surface area contributed by atoms with E-state index in [1.165, 1.54) is 12.3 Å². The van der Waals surface area contributed by atoms with Crippen LogP contribution in [-0.4, -0.2) is 11.0 Å². The standard InChI is InChI=1S/C13H15FN2O/c1-10(4-6-12-3-2-8-17-12)16-13-7-5-11(14)9-15-13/h2-3,5,7-10H,4,6H2,1H3,(H,15,16). The molecular weight excluding hydrogens is 219 g/mol. The van der Waals surface area contributed by atoms with Crippen molar-refractivity contribution in [2.75, 3.05) is 5.32 Å². The highest BCUT2D eigenvalue weighted by molar-refractivity contribution is 5.34. The number of aryl methyl sites for hydroxylation is 1. The van der Waals surface area contributed by atoms with E-state index in [0.29, 0.717) is 5.82 Å². The smallest absolute Gasteiger partial charge is 0.141 e. The second kappa shape index (κ2) is 5.48. The molecular formula is C13H15FN2O. The average Bonchev–Trinajstić information content (AvgIpc) is 2.83. The molecule has 0 aromatic carbocycles. The number of nitrogens with one attached hydrogen (secondary N) is 1. The molecule has 17 heavy (non-hydrogen) atoms. The fraction of sp³-hybridized carbons (Fsp3) is 0.308. The van der Waals surface area contributed by atoms with Crippen molar-refractivity contribution in [3.63, 3.8) is 0 Å². The molecule has 0 saturated carbocycles. The highest BCUT2D eigenvalue weighted by Gasteiger charge is 2.04. The number of anilines is 1. The van der Waals surface area contributed by atoms with Crippen LogP contribution in [0.3, 0.4) is 0 Å². The van der Waals surface area contributed by atoms with Crippen LogP contribution in [0.15, 0.2) is 41.1 Å². The van der Waals surface area contributed by atoms with E-state index in [1.807, 2.05) is 12.1 Å². The van der Waals surface area contributed by atoms with Crippen LogP contribution < -0.4 is 5.32 Å². The van der Waals surface area contributed by atoms with Gasteiger partial charge in [0.1, 0.15) is 17.4 Å². The molecule has 0 bridgehead atoms. The number of nitrogens with zero attached hydrogens (tertiary/aromatic N) is 1. The fourth-order valence-corrected chi connectivity index (χ4v) is 1.60. The number of furan rings is 1. The normalized spacial score (nSPS) is 12.4. The highest BCUT2D eigenvalue weighted by Crippen LogP contribution is 2.10. The molecule has 2 rings (SSSR count). The second-order valence-corrected chi connectivity index (χ2v) is 4.03. The monoisotopic (exact) mass is 234 g/mol. The lowest BCUT2D eigenvalue weighted by Gasteiger charge is -2.13. The first kappa shape index (κ1) is 11.6. The first-order valence-electron chi connectivity index (χ1n) is 5.64. The van der Waals surface area contributed by atoms with Crippen LogP contribution in [0.4, 0.5) is 10.2 Å². The number of rotatable bonds is 5. The Labute approximate surface area is 99.7 Å². The van der Waals surface area contributed by atoms with Crippen molar-refractivity contribution in [1.82, 2.24) is 4.98 Å². The highest BCUT2D eigenvalue weighted by atomic mass is 19.1. The SMILES string of the molecule is CC(CCc1ccco1)Nc1ccc(F)cn1. The summed E-state index contributed by atoms with van der Waals surface area (Å²) in [6, 6.07) is 7.14. The maximum Gasteiger partial charge on any atom is 0.141 e. The van der Waals surface area contributed by atoms with Crippen molar-refractivity contribution in [2.45, 2.75) is 25.8 Å². The van der Waals surface area contributed by atoms with Crippen molar-refractivity contribution in [3.05, 3.63) is 48.3 Å². The molecule has 0 saturated heterocycles. The summed E-state index contributed by atoms with van der Waals surface area (Å²) in [5, 5.41) is 3.21. The third kappa shape index (κ3) is 3.59. The summed E-state index contributed by atoms with van der Waals surface area (Å²) in [6.07, 6.45) is 4.70. The fourth-order valence-electron chi connectivity index (χ4n) is 1.60. The van der Waals surface area contributed by atoms with Gasteiger partial charge >= 0.3 is 0 Å². The van der Waals surface area contributed by atoms with Crippen LogP contribution >= 0.6 is 0 Å². The van der Waals surface area contributed by atoms with Gasteiger partial charge in [-0.1, -0.05) is 0 Å². The van der Waals surface area contributed by atoms with Gasteiger partial charge in [0.05, 0.1) is 12.5 Å². The Morgan fingerprint density at radius 3 is 2.94 bits per heavy atom. The van der Waals surface area contributed by atoms with E-state index in [0.717, 1.165) is 18.6 Å². The minimum atomic E-state index is -0.321. The molecule has 2 aromatic rings. The Balaban J connectivity index is 1.80. The zero-order valence-electron chi connectivity index (χ0n) is 9.69. The van der Waals surface area contributed by atoms with Crippen molar-refractivity contribution in [3.8, 4) is 0 Å². The van der Waals surface area contributed by atoms with Gasteiger partial charge in [-0.25, -0.2) is 9.37 Å². The van der Waals surface area contributed by atoms with E-state index in [1.54, 1.807) is 12.3 Å². The molecule has 0 amide bonds.